The van der Waals surface area contributed by atoms with Crippen molar-refractivity contribution in [2.24, 2.45) is 0 Å². The number of halogens is 1. The van der Waals surface area contributed by atoms with Crippen molar-refractivity contribution in [3.05, 3.63) is 22.9 Å². The summed E-state index contributed by atoms with van der Waals surface area (Å²) in [5, 5.41) is 3.13. The van der Waals surface area contributed by atoms with Crippen LogP contribution in [-0.2, 0) is 10.0 Å². The fourth-order valence-electron chi connectivity index (χ4n) is 1.22. The van der Waals surface area contributed by atoms with Crippen LogP contribution in [-0.4, -0.2) is 33.0 Å². The van der Waals surface area contributed by atoms with Gasteiger partial charge in [-0.15, -0.1) is 0 Å². The molecule has 7 heteroatoms. The number of aromatic nitrogens is 1. The molecular weight excluding hydrogens is 306 g/mol. The van der Waals surface area contributed by atoms with Crippen molar-refractivity contribution in [2.45, 2.75) is 18.2 Å². The Kier molecular flexibility index (Phi) is 6.04. The van der Waals surface area contributed by atoms with Crippen LogP contribution in [0.15, 0.2) is 27.8 Å². The first-order valence-corrected chi connectivity index (χ1v) is 7.65. The highest BCUT2D eigenvalue weighted by Crippen LogP contribution is 2.13. The van der Waals surface area contributed by atoms with E-state index in [9.17, 15) is 8.42 Å². The molecule has 17 heavy (non-hydrogen) atoms. The second-order valence-corrected chi connectivity index (χ2v) is 6.13. The third kappa shape index (κ3) is 5.12. The molecule has 0 fully saturated rings. The van der Waals surface area contributed by atoms with Crippen molar-refractivity contribution in [3.63, 3.8) is 0 Å². The lowest BCUT2D eigenvalue weighted by molar-refractivity contribution is 0.575. The van der Waals surface area contributed by atoms with Crippen LogP contribution in [0.5, 0.6) is 0 Å². The normalized spacial score (nSPS) is 11.6. The summed E-state index contributed by atoms with van der Waals surface area (Å²) in [5.41, 5.74) is 0. The molecule has 0 saturated heterocycles. The summed E-state index contributed by atoms with van der Waals surface area (Å²) < 4.78 is 26.8. The second-order valence-electron chi connectivity index (χ2n) is 3.44. The fourth-order valence-corrected chi connectivity index (χ4v) is 2.80. The zero-order valence-corrected chi connectivity index (χ0v) is 12.0. The van der Waals surface area contributed by atoms with Gasteiger partial charge in [0.2, 0.25) is 10.0 Å². The number of rotatable bonds is 7. The maximum absolute atomic E-state index is 11.8. The first-order chi connectivity index (χ1) is 8.06. The summed E-state index contributed by atoms with van der Waals surface area (Å²) in [6.07, 6.45) is 3.63. The molecule has 0 unspecified atom stereocenters. The maximum atomic E-state index is 11.8. The van der Waals surface area contributed by atoms with Gasteiger partial charge in [-0.2, -0.15) is 0 Å². The Morgan fingerprint density at radius 3 is 2.76 bits per heavy atom. The zero-order chi connectivity index (χ0) is 12.7. The SMILES string of the molecule is CCNCCCNS(=O)(=O)c1cncc(Br)c1. The van der Waals surface area contributed by atoms with Crippen LogP contribution in [0.4, 0.5) is 0 Å². The van der Waals surface area contributed by atoms with Crippen molar-refractivity contribution in [2.75, 3.05) is 19.6 Å². The molecule has 0 radical (unpaired) electrons. The van der Waals surface area contributed by atoms with Gasteiger partial charge in [0, 0.05) is 23.4 Å². The summed E-state index contributed by atoms with van der Waals surface area (Å²) >= 11 is 3.19. The predicted molar refractivity (Wildman–Crippen MR) is 70.3 cm³/mol. The van der Waals surface area contributed by atoms with Crippen molar-refractivity contribution in [1.29, 1.82) is 0 Å². The second kappa shape index (κ2) is 7.05. The van der Waals surface area contributed by atoms with Gasteiger partial charge in [0.05, 0.1) is 0 Å². The maximum Gasteiger partial charge on any atom is 0.242 e. The van der Waals surface area contributed by atoms with E-state index in [2.05, 4.69) is 31.0 Å². The lowest BCUT2D eigenvalue weighted by atomic mass is 10.4. The van der Waals surface area contributed by atoms with Crippen LogP contribution >= 0.6 is 15.9 Å². The summed E-state index contributed by atoms with van der Waals surface area (Å²) in [6.45, 7) is 4.12. The predicted octanol–water partition coefficient (Wildman–Crippen LogP) is 1.12. The molecule has 2 N–H and O–H groups in total. The van der Waals surface area contributed by atoms with Crippen LogP contribution in [0.25, 0.3) is 0 Å². The highest BCUT2D eigenvalue weighted by molar-refractivity contribution is 9.10. The monoisotopic (exact) mass is 321 g/mol. The molecule has 0 aromatic carbocycles. The molecule has 1 heterocycles. The lowest BCUT2D eigenvalue weighted by Gasteiger charge is -2.06. The van der Waals surface area contributed by atoms with E-state index >= 15 is 0 Å². The van der Waals surface area contributed by atoms with Crippen molar-refractivity contribution in [1.82, 2.24) is 15.0 Å². The first kappa shape index (κ1) is 14.6. The number of hydrogen-bond acceptors (Lipinski definition) is 4. The standard InChI is InChI=1S/C10H16BrN3O2S/c1-2-12-4-3-5-14-17(15,16)10-6-9(11)7-13-8-10/h6-8,12,14H,2-5H2,1H3. The average Bonchev–Trinajstić information content (AvgIpc) is 2.29. The molecule has 0 aliphatic heterocycles. The molecule has 0 aliphatic carbocycles. The lowest BCUT2D eigenvalue weighted by Crippen LogP contribution is -2.27. The number of pyridine rings is 1. The molecule has 1 rings (SSSR count). The van der Waals surface area contributed by atoms with Crippen LogP contribution in [0.3, 0.4) is 0 Å². The van der Waals surface area contributed by atoms with Crippen LogP contribution in [0, 0.1) is 0 Å². The van der Waals surface area contributed by atoms with Gasteiger partial charge in [-0.3, -0.25) is 4.98 Å². The summed E-state index contributed by atoms with van der Waals surface area (Å²) in [5.74, 6) is 0. The molecule has 96 valence electrons. The molecule has 0 aliphatic rings. The Balaban J connectivity index is 2.51. The van der Waals surface area contributed by atoms with Gasteiger partial charge in [-0.25, -0.2) is 13.1 Å². The van der Waals surface area contributed by atoms with Crippen molar-refractivity contribution in [3.8, 4) is 0 Å². The van der Waals surface area contributed by atoms with E-state index in [0.29, 0.717) is 11.0 Å². The molecular formula is C10H16BrN3O2S. The molecule has 1 aromatic heterocycles. The van der Waals surface area contributed by atoms with Crippen LogP contribution in [0.1, 0.15) is 13.3 Å². The van der Waals surface area contributed by atoms with Gasteiger partial charge in [0.15, 0.2) is 0 Å². The Morgan fingerprint density at radius 2 is 2.12 bits per heavy atom. The van der Waals surface area contributed by atoms with E-state index < -0.39 is 10.0 Å². The van der Waals surface area contributed by atoms with Crippen LogP contribution in [0.2, 0.25) is 0 Å². The average molecular weight is 322 g/mol. The Morgan fingerprint density at radius 1 is 1.35 bits per heavy atom. The van der Waals surface area contributed by atoms with E-state index in [4.69, 9.17) is 0 Å². The number of sulfonamides is 1. The van der Waals surface area contributed by atoms with E-state index in [1.807, 2.05) is 6.92 Å². The van der Waals surface area contributed by atoms with E-state index in [-0.39, 0.29) is 4.90 Å². The third-order valence-corrected chi connectivity index (χ3v) is 3.92. The van der Waals surface area contributed by atoms with Crippen molar-refractivity contribution < 1.29 is 8.42 Å². The molecule has 0 amide bonds. The van der Waals surface area contributed by atoms with Gasteiger partial charge < -0.3 is 5.32 Å². The van der Waals surface area contributed by atoms with Gasteiger partial charge in [-0.05, 0) is 41.5 Å². The van der Waals surface area contributed by atoms with E-state index in [0.717, 1.165) is 19.5 Å². The molecule has 0 bridgehead atoms. The fraction of sp³-hybridized carbons (Fsp3) is 0.500. The first-order valence-electron chi connectivity index (χ1n) is 5.37. The minimum atomic E-state index is -3.44. The quantitative estimate of drug-likeness (QED) is 0.738. The molecule has 1 aromatic rings. The minimum Gasteiger partial charge on any atom is -0.317 e. The minimum absolute atomic E-state index is 0.176. The molecule has 0 spiro atoms. The number of nitrogens with one attached hydrogen (secondary N) is 2. The zero-order valence-electron chi connectivity index (χ0n) is 9.61. The van der Waals surface area contributed by atoms with Gasteiger partial charge in [0.25, 0.3) is 0 Å². The Bertz CT molecular complexity index is 451. The number of nitrogens with zero attached hydrogens (tertiary/aromatic N) is 1. The Hall–Kier alpha value is -0.500. The van der Waals surface area contributed by atoms with Gasteiger partial charge in [-0.1, -0.05) is 6.92 Å². The molecule has 5 nitrogen and oxygen atoms in total. The summed E-state index contributed by atoms with van der Waals surface area (Å²) in [6, 6.07) is 1.53. The largest absolute Gasteiger partial charge is 0.317 e. The topological polar surface area (TPSA) is 71.1 Å². The smallest absolute Gasteiger partial charge is 0.242 e. The highest BCUT2D eigenvalue weighted by Gasteiger charge is 2.13. The van der Waals surface area contributed by atoms with E-state index in [1.165, 1.54) is 12.3 Å². The Labute approximate surface area is 110 Å². The van der Waals surface area contributed by atoms with Gasteiger partial charge in [0.1, 0.15) is 4.90 Å². The van der Waals surface area contributed by atoms with Gasteiger partial charge >= 0.3 is 0 Å². The van der Waals surface area contributed by atoms with Crippen LogP contribution < -0.4 is 10.0 Å². The molecule has 0 saturated carbocycles. The van der Waals surface area contributed by atoms with Crippen molar-refractivity contribution >= 4 is 26.0 Å². The molecule has 0 atom stereocenters. The van der Waals surface area contributed by atoms with E-state index in [1.54, 1.807) is 6.20 Å². The summed E-state index contributed by atoms with van der Waals surface area (Å²) in [4.78, 5) is 4.01. The number of hydrogen-bond donors (Lipinski definition) is 2. The highest BCUT2D eigenvalue weighted by atomic mass is 79.9. The summed E-state index contributed by atoms with van der Waals surface area (Å²) in [7, 11) is -3.44. The third-order valence-electron chi connectivity index (χ3n) is 2.06.